The fraction of sp³-hybridized carbons (Fsp3) is 0.368. The standard InChI is InChI=1S/C19H24N2O3/c1-19(2,3)24-18(23)16(20)9-8-13(12-22)10-14-11-21-17-7-5-4-6-15(14)17/h4-8,11-12,16,21H,9-10,20H2,1-3H3. The van der Waals surface area contributed by atoms with E-state index in [4.69, 9.17) is 10.5 Å². The first kappa shape index (κ1) is 17.9. The van der Waals surface area contributed by atoms with Gasteiger partial charge in [-0.3, -0.25) is 9.59 Å². The number of nitrogens with two attached hydrogens (primary N) is 1. The highest BCUT2D eigenvalue weighted by molar-refractivity contribution is 5.85. The van der Waals surface area contributed by atoms with Gasteiger partial charge in [-0.15, -0.1) is 0 Å². The summed E-state index contributed by atoms with van der Waals surface area (Å²) in [6.07, 6.45) is 5.18. The lowest BCUT2D eigenvalue weighted by atomic mass is 10.0. The van der Waals surface area contributed by atoms with E-state index >= 15 is 0 Å². The number of fused-ring (bicyclic) bond motifs is 1. The molecule has 0 radical (unpaired) electrons. The lowest BCUT2D eigenvalue weighted by Gasteiger charge is -2.21. The van der Waals surface area contributed by atoms with Crippen LogP contribution in [0, 0.1) is 0 Å². The third-order valence-corrected chi connectivity index (χ3v) is 3.56. The minimum Gasteiger partial charge on any atom is -0.459 e. The van der Waals surface area contributed by atoms with Gasteiger partial charge in [0.2, 0.25) is 0 Å². The molecular weight excluding hydrogens is 304 g/mol. The molecule has 0 saturated carbocycles. The normalized spacial score (nSPS) is 13.8. The van der Waals surface area contributed by atoms with Crippen LogP contribution >= 0.6 is 0 Å². The minimum atomic E-state index is -0.776. The van der Waals surface area contributed by atoms with Gasteiger partial charge in [-0.2, -0.15) is 0 Å². The van der Waals surface area contributed by atoms with Gasteiger partial charge >= 0.3 is 5.97 Å². The van der Waals surface area contributed by atoms with E-state index in [-0.39, 0.29) is 6.42 Å². The summed E-state index contributed by atoms with van der Waals surface area (Å²) in [5, 5.41) is 1.08. The van der Waals surface area contributed by atoms with E-state index in [2.05, 4.69) is 4.98 Å². The average molecular weight is 328 g/mol. The van der Waals surface area contributed by atoms with Gasteiger partial charge in [0.15, 0.2) is 0 Å². The van der Waals surface area contributed by atoms with Gasteiger partial charge in [-0.25, -0.2) is 0 Å². The molecule has 0 fully saturated rings. The van der Waals surface area contributed by atoms with Crippen LogP contribution in [0.1, 0.15) is 32.8 Å². The molecule has 24 heavy (non-hydrogen) atoms. The smallest absolute Gasteiger partial charge is 0.323 e. The number of H-pyrrole nitrogens is 1. The minimum absolute atomic E-state index is 0.269. The molecule has 5 heteroatoms. The number of carbonyl (C=O) groups excluding carboxylic acids is 2. The van der Waals surface area contributed by atoms with Crippen molar-refractivity contribution in [3.8, 4) is 0 Å². The van der Waals surface area contributed by atoms with E-state index < -0.39 is 17.6 Å². The van der Waals surface area contributed by atoms with Crippen molar-refractivity contribution in [1.29, 1.82) is 0 Å². The molecule has 5 nitrogen and oxygen atoms in total. The number of aromatic amines is 1. The molecule has 1 atom stereocenters. The van der Waals surface area contributed by atoms with Gasteiger partial charge in [-0.05, 0) is 44.4 Å². The number of para-hydroxylation sites is 1. The maximum absolute atomic E-state index is 11.9. The Morgan fingerprint density at radius 1 is 1.33 bits per heavy atom. The van der Waals surface area contributed by atoms with Crippen molar-refractivity contribution in [3.63, 3.8) is 0 Å². The maximum atomic E-state index is 11.9. The van der Waals surface area contributed by atoms with Crippen LogP contribution in [0.3, 0.4) is 0 Å². The number of rotatable bonds is 6. The summed E-state index contributed by atoms with van der Waals surface area (Å²) < 4.78 is 5.24. The fourth-order valence-corrected chi connectivity index (χ4v) is 2.41. The monoisotopic (exact) mass is 328 g/mol. The third-order valence-electron chi connectivity index (χ3n) is 3.56. The van der Waals surface area contributed by atoms with Crippen LogP contribution in [0.25, 0.3) is 10.9 Å². The largest absolute Gasteiger partial charge is 0.459 e. The zero-order valence-electron chi connectivity index (χ0n) is 14.3. The number of nitrogens with one attached hydrogen (secondary N) is 1. The summed E-state index contributed by atoms with van der Waals surface area (Å²) in [6.45, 7) is 5.38. The highest BCUT2D eigenvalue weighted by atomic mass is 16.6. The molecule has 0 bridgehead atoms. The molecule has 1 aromatic carbocycles. The second-order valence-corrected chi connectivity index (χ2v) is 6.81. The Kier molecular flexibility index (Phi) is 5.57. The molecule has 1 heterocycles. The zero-order chi connectivity index (χ0) is 17.7. The summed E-state index contributed by atoms with van der Waals surface area (Å²) >= 11 is 0. The molecule has 0 aliphatic carbocycles. The van der Waals surface area contributed by atoms with Gasteiger partial charge < -0.3 is 15.5 Å². The lowest BCUT2D eigenvalue weighted by Crippen LogP contribution is -2.37. The molecule has 0 spiro atoms. The molecule has 1 aromatic heterocycles. The summed E-state index contributed by atoms with van der Waals surface area (Å²) in [5.74, 6) is -0.462. The predicted octanol–water partition coefficient (Wildman–Crippen LogP) is 2.89. The molecule has 2 aromatic rings. The van der Waals surface area contributed by atoms with Crippen LogP contribution in [-0.2, 0) is 20.7 Å². The van der Waals surface area contributed by atoms with Crippen LogP contribution in [0.2, 0.25) is 0 Å². The average Bonchev–Trinajstić information content (AvgIpc) is 2.92. The van der Waals surface area contributed by atoms with E-state index in [1.165, 1.54) is 0 Å². The predicted molar refractivity (Wildman–Crippen MR) is 94.6 cm³/mol. The Bertz CT molecular complexity index is 753. The van der Waals surface area contributed by atoms with Crippen molar-refractivity contribution in [2.24, 2.45) is 5.73 Å². The number of esters is 1. The zero-order valence-corrected chi connectivity index (χ0v) is 14.3. The van der Waals surface area contributed by atoms with Crippen LogP contribution < -0.4 is 5.73 Å². The summed E-state index contributed by atoms with van der Waals surface area (Å²) in [5.41, 5.74) is 7.94. The molecule has 128 valence electrons. The fourth-order valence-electron chi connectivity index (χ4n) is 2.41. The van der Waals surface area contributed by atoms with Gasteiger partial charge in [0.25, 0.3) is 0 Å². The SMILES string of the molecule is CC(C)(C)OC(=O)C(N)CC=C(C=O)Cc1c[nH]c2ccccc12. The lowest BCUT2D eigenvalue weighted by molar-refractivity contribution is -0.156. The van der Waals surface area contributed by atoms with Crippen LogP contribution in [0.15, 0.2) is 42.1 Å². The Labute approximate surface area is 141 Å². The Morgan fingerprint density at radius 2 is 2.04 bits per heavy atom. The van der Waals surface area contributed by atoms with Gasteiger partial charge in [0, 0.05) is 23.5 Å². The third kappa shape index (κ3) is 4.80. The van der Waals surface area contributed by atoms with Gasteiger partial charge in [0.05, 0.1) is 0 Å². The number of aldehydes is 1. The topological polar surface area (TPSA) is 85.2 Å². The van der Waals surface area contributed by atoms with Crippen LogP contribution in [0.4, 0.5) is 0 Å². The number of hydrogen-bond acceptors (Lipinski definition) is 4. The second-order valence-electron chi connectivity index (χ2n) is 6.81. The number of hydrogen-bond donors (Lipinski definition) is 2. The summed E-state index contributed by atoms with van der Waals surface area (Å²) in [4.78, 5) is 26.4. The number of aromatic nitrogens is 1. The number of carbonyl (C=O) groups is 2. The molecule has 1 unspecified atom stereocenters. The molecule has 3 N–H and O–H groups in total. The Hall–Kier alpha value is -2.40. The first-order valence-corrected chi connectivity index (χ1v) is 7.98. The van der Waals surface area contributed by atoms with Gasteiger partial charge in [-0.1, -0.05) is 24.3 Å². The van der Waals surface area contributed by atoms with Crippen molar-refractivity contribution < 1.29 is 14.3 Å². The number of benzene rings is 1. The molecule has 0 aliphatic heterocycles. The first-order chi connectivity index (χ1) is 11.3. The Morgan fingerprint density at radius 3 is 2.71 bits per heavy atom. The highest BCUT2D eigenvalue weighted by Crippen LogP contribution is 2.20. The van der Waals surface area contributed by atoms with E-state index in [0.29, 0.717) is 12.0 Å². The Balaban J connectivity index is 2.04. The maximum Gasteiger partial charge on any atom is 0.323 e. The van der Waals surface area contributed by atoms with E-state index in [9.17, 15) is 9.59 Å². The van der Waals surface area contributed by atoms with E-state index in [0.717, 1.165) is 22.8 Å². The van der Waals surface area contributed by atoms with Crippen molar-refractivity contribution >= 4 is 23.2 Å². The van der Waals surface area contributed by atoms with Crippen molar-refractivity contribution in [3.05, 3.63) is 47.7 Å². The second kappa shape index (κ2) is 7.45. The van der Waals surface area contributed by atoms with Crippen molar-refractivity contribution in [1.82, 2.24) is 4.98 Å². The molecule has 2 rings (SSSR count). The van der Waals surface area contributed by atoms with Crippen molar-refractivity contribution in [2.45, 2.75) is 45.3 Å². The van der Waals surface area contributed by atoms with Gasteiger partial charge in [0.1, 0.15) is 17.9 Å². The molecule has 0 aliphatic rings. The molecule has 0 saturated heterocycles. The summed E-state index contributed by atoms with van der Waals surface area (Å²) in [6, 6.07) is 7.14. The van der Waals surface area contributed by atoms with Crippen LogP contribution in [0.5, 0.6) is 0 Å². The van der Waals surface area contributed by atoms with Crippen molar-refractivity contribution in [2.75, 3.05) is 0 Å². The first-order valence-electron chi connectivity index (χ1n) is 7.98. The number of allylic oxidation sites excluding steroid dienone is 1. The summed E-state index contributed by atoms with van der Waals surface area (Å²) in [7, 11) is 0. The molecular formula is C19H24N2O3. The van der Waals surface area contributed by atoms with E-state index in [1.807, 2.05) is 30.5 Å². The van der Waals surface area contributed by atoms with E-state index in [1.54, 1.807) is 26.8 Å². The molecule has 0 amide bonds. The number of ether oxygens (including phenoxy) is 1. The highest BCUT2D eigenvalue weighted by Gasteiger charge is 2.21. The quantitative estimate of drug-likeness (QED) is 0.485. The van der Waals surface area contributed by atoms with Crippen LogP contribution in [-0.4, -0.2) is 28.9 Å².